The molecule has 0 unspecified atom stereocenters. The second-order valence-electron chi connectivity index (χ2n) is 4.16. The van der Waals surface area contributed by atoms with Gasteiger partial charge in [0.05, 0.1) is 7.11 Å². The van der Waals surface area contributed by atoms with Gasteiger partial charge in [0.15, 0.2) is 0 Å². The molecule has 0 aliphatic carbocycles. The fraction of sp³-hybridized carbons (Fsp3) is 0.538. The average Bonchev–Trinajstić information content (AvgIpc) is 2.52. The predicted octanol–water partition coefficient (Wildman–Crippen LogP) is 2.01. The number of hydrogen-bond acceptors (Lipinski definition) is 3. The number of fused-ring (bicyclic) bond motifs is 1. The van der Waals surface area contributed by atoms with Gasteiger partial charge in [0.25, 0.3) is 0 Å². The number of anilines is 1. The first-order chi connectivity index (χ1) is 7.85. The zero-order valence-electron chi connectivity index (χ0n) is 10.1. The maximum atomic E-state index is 5.30. The molecule has 0 saturated carbocycles. The lowest BCUT2D eigenvalue weighted by Gasteiger charge is -2.24. The van der Waals surface area contributed by atoms with Crippen LogP contribution in [0.4, 0.5) is 5.69 Å². The molecule has 0 fully saturated rings. The number of rotatable bonds is 3. The van der Waals surface area contributed by atoms with Crippen LogP contribution in [0.25, 0.3) is 0 Å². The minimum Gasteiger partial charge on any atom is -0.497 e. The minimum absolute atomic E-state index is 0.946. The third-order valence-corrected chi connectivity index (χ3v) is 3.00. The van der Waals surface area contributed by atoms with Gasteiger partial charge in [-0.2, -0.15) is 0 Å². The Morgan fingerprint density at radius 2 is 2.31 bits per heavy atom. The molecule has 0 aromatic heterocycles. The van der Waals surface area contributed by atoms with Crippen molar-refractivity contribution in [2.45, 2.75) is 19.9 Å². The largest absolute Gasteiger partial charge is 0.497 e. The van der Waals surface area contributed by atoms with Gasteiger partial charge in [0.1, 0.15) is 5.75 Å². The van der Waals surface area contributed by atoms with E-state index in [4.69, 9.17) is 4.74 Å². The summed E-state index contributed by atoms with van der Waals surface area (Å²) in [6.07, 6.45) is 1.18. The van der Waals surface area contributed by atoms with Crippen molar-refractivity contribution in [3.8, 4) is 5.75 Å². The zero-order valence-corrected chi connectivity index (χ0v) is 10.1. The summed E-state index contributed by atoms with van der Waals surface area (Å²) in [5.41, 5.74) is 2.69. The van der Waals surface area contributed by atoms with Crippen LogP contribution < -0.4 is 15.0 Å². The first-order valence-corrected chi connectivity index (χ1v) is 5.97. The van der Waals surface area contributed by atoms with E-state index in [9.17, 15) is 0 Å². The normalized spacial score (nSPS) is 15.5. The molecule has 0 radical (unpaired) electrons. The van der Waals surface area contributed by atoms with Crippen molar-refractivity contribution in [1.29, 1.82) is 0 Å². The first-order valence-electron chi connectivity index (χ1n) is 5.97. The van der Waals surface area contributed by atoms with Crippen molar-refractivity contribution in [2.24, 2.45) is 0 Å². The van der Waals surface area contributed by atoms with E-state index in [-0.39, 0.29) is 0 Å². The van der Waals surface area contributed by atoms with Crippen LogP contribution in [-0.4, -0.2) is 26.7 Å². The molecular weight excluding hydrogens is 200 g/mol. The maximum absolute atomic E-state index is 5.30. The summed E-state index contributed by atoms with van der Waals surface area (Å²) in [5.74, 6) is 0.946. The number of benzene rings is 1. The van der Waals surface area contributed by atoms with E-state index in [2.05, 4.69) is 29.3 Å². The standard InChI is InChI=1S/C13H20N2O/c1-3-7-15-8-6-14-10-11-4-5-12(16-2)9-13(11)15/h4-5,9,14H,3,6-8,10H2,1-2H3. The molecule has 0 atom stereocenters. The molecule has 16 heavy (non-hydrogen) atoms. The molecule has 0 saturated heterocycles. The van der Waals surface area contributed by atoms with Crippen LogP contribution in [0.15, 0.2) is 18.2 Å². The van der Waals surface area contributed by atoms with E-state index in [0.29, 0.717) is 0 Å². The molecule has 3 heteroatoms. The fourth-order valence-electron chi connectivity index (χ4n) is 2.17. The van der Waals surface area contributed by atoms with Gasteiger partial charge in [0, 0.05) is 37.9 Å². The van der Waals surface area contributed by atoms with Crippen LogP contribution in [0.5, 0.6) is 5.75 Å². The summed E-state index contributed by atoms with van der Waals surface area (Å²) in [4.78, 5) is 2.44. The predicted molar refractivity (Wildman–Crippen MR) is 67.2 cm³/mol. The molecule has 1 aliphatic heterocycles. The molecule has 1 aromatic carbocycles. The van der Waals surface area contributed by atoms with Crippen LogP contribution in [-0.2, 0) is 6.54 Å². The summed E-state index contributed by atoms with van der Waals surface area (Å²) < 4.78 is 5.30. The highest BCUT2D eigenvalue weighted by Gasteiger charge is 2.14. The summed E-state index contributed by atoms with van der Waals surface area (Å²) in [5, 5.41) is 3.45. The molecule has 2 rings (SSSR count). The molecule has 1 aliphatic rings. The molecule has 88 valence electrons. The van der Waals surface area contributed by atoms with Crippen molar-refractivity contribution >= 4 is 5.69 Å². The lowest BCUT2D eigenvalue weighted by molar-refractivity contribution is 0.414. The van der Waals surface area contributed by atoms with Gasteiger partial charge in [-0.1, -0.05) is 13.0 Å². The van der Waals surface area contributed by atoms with Crippen molar-refractivity contribution in [1.82, 2.24) is 5.32 Å². The molecule has 1 aromatic rings. The van der Waals surface area contributed by atoms with Gasteiger partial charge in [-0.15, -0.1) is 0 Å². The Bertz CT molecular complexity index is 352. The zero-order chi connectivity index (χ0) is 11.4. The van der Waals surface area contributed by atoms with Gasteiger partial charge in [-0.05, 0) is 18.1 Å². The van der Waals surface area contributed by atoms with Crippen molar-refractivity contribution < 1.29 is 4.74 Å². The lowest BCUT2D eigenvalue weighted by Crippen LogP contribution is -2.29. The van der Waals surface area contributed by atoms with Gasteiger partial charge >= 0.3 is 0 Å². The van der Waals surface area contributed by atoms with E-state index in [1.165, 1.54) is 17.7 Å². The van der Waals surface area contributed by atoms with Crippen molar-refractivity contribution in [2.75, 3.05) is 31.6 Å². The smallest absolute Gasteiger partial charge is 0.120 e. The number of nitrogens with zero attached hydrogens (tertiary/aromatic N) is 1. The van der Waals surface area contributed by atoms with E-state index in [0.717, 1.165) is 31.9 Å². The first kappa shape index (κ1) is 11.3. The Labute approximate surface area is 97.4 Å². The number of nitrogens with one attached hydrogen (secondary N) is 1. The molecule has 0 spiro atoms. The molecule has 3 nitrogen and oxygen atoms in total. The maximum Gasteiger partial charge on any atom is 0.120 e. The summed E-state index contributed by atoms with van der Waals surface area (Å²) >= 11 is 0. The number of ether oxygens (including phenoxy) is 1. The van der Waals surface area contributed by atoms with Gasteiger partial charge in [0.2, 0.25) is 0 Å². The van der Waals surface area contributed by atoms with Crippen LogP contribution in [0.1, 0.15) is 18.9 Å². The third-order valence-electron chi connectivity index (χ3n) is 3.00. The summed E-state index contributed by atoms with van der Waals surface area (Å²) in [6, 6.07) is 6.35. The Morgan fingerprint density at radius 3 is 3.06 bits per heavy atom. The highest BCUT2D eigenvalue weighted by Crippen LogP contribution is 2.27. The molecule has 1 heterocycles. The van der Waals surface area contributed by atoms with Crippen molar-refractivity contribution in [3.63, 3.8) is 0 Å². The van der Waals surface area contributed by atoms with Gasteiger partial charge in [-0.25, -0.2) is 0 Å². The molecular formula is C13H20N2O. The summed E-state index contributed by atoms with van der Waals surface area (Å²) in [7, 11) is 1.72. The van der Waals surface area contributed by atoms with E-state index in [1.54, 1.807) is 7.11 Å². The minimum atomic E-state index is 0.946. The SMILES string of the molecule is CCCN1CCNCc2ccc(OC)cc21. The van der Waals surface area contributed by atoms with Crippen LogP contribution in [0, 0.1) is 0 Å². The second-order valence-corrected chi connectivity index (χ2v) is 4.16. The second kappa shape index (κ2) is 5.21. The topological polar surface area (TPSA) is 24.5 Å². The lowest BCUT2D eigenvalue weighted by atomic mass is 10.1. The Balaban J connectivity index is 2.33. The number of methoxy groups -OCH3 is 1. The van der Waals surface area contributed by atoms with Crippen LogP contribution in [0.3, 0.4) is 0 Å². The number of hydrogen-bond donors (Lipinski definition) is 1. The highest BCUT2D eigenvalue weighted by atomic mass is 16.5. The van der Waals surface area contributed by atoms with Crippen LogP contribution in [0.2, 0.25) is 0 Å². The Morgan fingerprint density at radius 1 is 1.44 bits per heavy atom. The van der Waals surface area contributed by atoms with E-state index in [1.807, 2.05) is 6.07 Å². The Kier molecular flexibility index (Phi) is 3.67. The third kappa shape index (κ3) is 2.30. The van der Waals surface area contributed by atoms with E-state index >= 15 is 0 Å². The Hall–Kier alpha value is -1.22. The van der Waals surface area contributed by atoms with Crippen molar-refractivity contribution in [3.05, 3.63) is 23.8 Å². The average molecular weight is 220 g/mol. The summed E-state index contributed by atoms with van der Waals surface area (Å²) in [6.45, 7) is 6.42. The monoisotopic (exact) mass is 220 g/mol. The highest BCUT2D eigenvalue weighted by molar-refractivity contribution is 5.58. The van der Waals surface area contributed by atoms with E-state index < -0.39 is 0 Å². The van der Waals surface area contributed by atoms with Gasteiger partial charge in [-0.3, -0.25) is 0 Å². The quantitative estimate of drug-likeness (QED) is 0.843. The molecule has 0 bridgehead atoms. The molecule has 0 amide bonds. The fourth-order valence-corrected chi connectivity index (χ4v) is 2.17. The molecule has 1 N–H and O–H groups in total. The van der Waals surface area contributed by atoms with Crippen LogP contribution >= 0.6 is 0 Å². The van der Waals surface area contributed by atoms with Gasteiger partial charge < -0.3 is 15.0 Å².